The molecule has 1 aliphatic heterocycles. The molecule has 1 amide bonds. The van der Waals surface area contributed by atoms with E-state index in [1.165, 1.54) is 22.9 Å². The van der Waals surface area contributed by atoms with Gasteiger partial charge in [0.1, 0.15) is 0 Å². The van der Waals surface area contributed by atoms with Crippen molar-refractivity contribution in [3.05, 3.63) is 93.8 Å². The Hall–Kier alpha value is -4.12. The van der Waals surface area contributed by atoms with E-state index < -0.39 is 47.6 Å². The number of aryl methyl sites for hydroxylation is 1. The van der Waals surface area contributed by atoms with Crippen LogP contribution in [0, 0.1) is 11.6 Å². The summed E-state index contributed by atoms with van der Waals surface area (Å²) in [6.45, 7) is 0. The van der Waals surface area contributed by atoms with Gasteiger partial charge in [-0.2, -0.15) is 0 Å². The first kappa shape index (κ1) is 25.2. The fourth-order valence-corrected chi connectivity index (χ4v) is 6.52. The number of likely N-dealkylation sites (tertiary alicyclic amines) is 1. The molecule has 11 heteroatoms. The summed E-state index contributed by atoms with van der Waals surface area (Å²) in [7, 11) is 0. The number of rotatable bonds is 3. The Morgan fingerprint density at radius 3 is 2.64 bits per heavy atom. The maximum atomic E-state index is 15.3. The van der Waals surface area contributed by atoms with Crippen molar-refractivity contribution < 1.29 is 23.8 Å². The Labute approximate surface area is 221 Å². The quantitative estimate of drug-likeness (QED) is 0.336. The largest absolute Gasteiger partial charge is 0.465 e. The zero-order valence-electron chi connectivity index (χ0n) is 20.9. The number of hydrogen-bond donors (Lipinski definition) is 3. The third-order valence-electron chi connectivity index (χ3n) is 8.15. The summed E-state index contributed by atoms with van der Waals surface area (Å²) in [5.41, 5.74) is 1.67. The molecular formula is C28H27F2N5O4. The number of nitrogens with zero attached hydrogens (tertiary/aromatic N) is 4. The van der Waals surface area contributed by atoms with Gasteiger partial charge in [-0.3, -0.25) is 19.4 Å². The van der Waals surface area contributed by atoms with Gasteiger partial charge < -0.3 is 10.2 Å². The summed E-state index contributed by atoms with van der Waals surface area (Å²) in [5, 5.41) is 22.2. The monoisotopic (exact) mass is 535 g/mol. The Morgan fingerprint density at radius 1 is 1.03 bits per heavy atom. The minimum Gasteiger partial charge on any atom is -0.465 e. The molecule has 3 unspecified atom stereocenters. The molecule has 1 aromatic carbocycles. The molecule has 1 fully saturated rings. The van der Waals surface area contributed by atoms with Gasteiger partial charge in [-0.15, -0.1) is 0 Å². The van der Waals surface area contributed by atoms with Gasteiger partial charge in [0.25, 0.3) is 0 Å². The van der Waals surface area contributed by atoms with Gasteiger partial charge in [0.2, 0.25) is 0 Å². The smallest absolute Gasteiger partial charge is 0.408 e. The number of pyridine rings is 2. The van der Waals surface area contributed by atoms with Crippen LogP contribution < -0.4 is 5.69 Å². The minimum atomic E-state index is -1.57. The number of piperidine rings is 1. The van der Waals surface area contributed by atoms with E-state index in [4.69, 9.17) is 0 Å². The van der Waals surface area contributed by atoms with E-state index in [0.717, 1.165) is 41.5 Å². The van der Waals surface area contributed by atoms with Crippen molar-refractivity contribution in [1.29, 1.82) is 0 Å². The van der Waals surface area contributed by atoms with Crippen molar-refractivity contribution in [3.63, 3.8) is 0 Å². The number of nitrogens with one attached hydrogen (secondary N) is 1. The molecule has 0 bridgehead atoms. The number of aliphatic hydroxyl groups is 1. The molecule has 1 saturated heterocycles. The van der Waals surface area contributed by atoms with Crippen molar-refractivity contribution in [3.8, 4) is 0 Å². The molecule has 0 radical (unpaired) electrons. The second-order valence-electron chi connectivity index (χ2n) is 10.2. The Balaban J connectivity index is 1.57. The molecule has 4 heterocycles. The molecule has 0 spiro atoms. The fraction of sp³-hybridized carbons (Fsp3) is 0.357. The number of fused-ring (bicyclic) bond motifs is 2. The van der Waals surface area contributed by atoms with Crippen LogP contribution in [0.3, 0.4) is 0 Å². The minimum absolute atomic E-state index is 0.0589. The van der Waals surface area contributed by atoms with Crippen LogP contribution in [0.25, 0.3) is 11.2 Å². The van der Waals surface area contributed by atoms with Crippen molar-refractivity contribution in [2.24, 2.45) is 0 Å². The zero-order chi connectivity index (χ0) is 27.3. The molecule has 9 nitrogen and oxygen atoms in total. The zero-order valence-corrected chi connectivity index (χ0v) is 20.9. The first-order valence-corrected chi connectivity index (χ1v) is 13.0. The number of aromatic nitrogens is 4. The molecule has 4 aromatic rings. The second kappa shape index (κ2) is 9.88. The normalized spacial score (nSPS) is 25.3. The van der Waals surface area contributed by atoms with E-state index in [0.29, 0.717) is 17.6 Å². The molecule has 202 valence electrons. The van der Waals surface area contributed by atoms with Gasteiger partial charge in [-0.1, -0.05) is 24.6 Å². The molecule has 2 aliphatic rings. The van der Waals surface area contributed by atoms with Gasteiger partial charge in [0.05, 0.1) is 23.7 Å². The average molecular weight is 536 g/mol. The second-order valence-corrected chi connectivity index (χ2v) is 10.2. The summed E-state index contributed by atoms with van der Waals surface area (Å²) in [6, 6.07) is 7.41. The molecule has 5 atom stereocenters. The van der Waals surface area contributed by atoms with E-state index in [2.05, 4.69) is 15.0 Å². The predicted octanol–water partition coefficient (Wildman–Crippen LogP) is 4.30. The van der Waals surface area contributed by atoms with Gasteiger partial charge in [-0.05, 0) is 55.5 Å². The number of aromatic amines is 1. The number of carbonyl (C=O) groups is 1. The topological polar surface area (TPSA) is 124 Å². The molecular weight excluding hydrogens is 508 g/mol. The fourth-order valence-electron chi connectivity index (χ4n) is 6.52. The standard InChI is InChI=1S/C28H27F2N5O4/c29-18-10-3-9-17(22(18)30)24-25(36)21(34-19-11-5-13-32-26(19)33-27(34)37)14-20(35(24)28(38)39)16-8-2-1-6-15-7-4-12-31-23(15)16/h3-5,7,9-13,16,20-21,24-25,36H,1-2,6,8,14H2,(H,38,39)(H,32,33,37)/t16?,20?,21?,24-,25-/m0/s1. The van der Waals surface area contributed by atoms with Crippen LogP contribution >= 0.6 is 0 Å². The number of aliphatic hydroxyl groups excluding tert-OH is 1. The lowest BCUT2D eigenvalue weighted by Crippen LogP contribution is -2.57. The highest BCUT2D eigenvalue weighted by Gasteiger charge is 2.51. The van der Waals surface area contributed by atoms with Gasteiger partial charge in [-0.25, -0.2) is 23.4 Å². The third-order valence-corrected chi connectivity index (χ3v) is 8.15. The maximum absolute atomic E-state index is 15.3. The van der Waals surface area contributed by atoms with Gasteiger partial charge in [0, 0.05) is 35.6 Å². The predicted molar refractivity (Wildman–Crippen MR) is 137 cm³/mol. The molecule has 0 saturated carbocycles. The van der Waals surface area contributed by atoms with Crippen LogP contribution in [0.4, 0.5) is 13.6 Å². The highest BCUT2D eigenvalue weighted by Crippen LogP contribution is 2.47. The number of benzene rings is 1. The Morgan fingerprint density at radius 2 is 1.82 bits per heavy atom. The van der Waals surface area contributed by atoms with E-state index >= 15 is 4.39 Å². The Kier molecular flexibility index (Phi) is 6.38. The van der Waals surface area contributed by atoms with Gasteiger partial charge >= 0.3 is 11.8 Å². The van der Waals surface area contributed by atoms with Crippen LogP contribution in [-0.4, -0.2) is 52.9 Å². The van der Waals surface area contributed by atoms with Crippen LogP contribution in [0.2, 0.25) is 0 Å². The van der Waals surface area contributed by atoms with Crippen molar-refractivity contribution in [1.82, 2.24) is 24.4 Å². The lowest BCUT2D eigenvalue weighted by Gasteiger charge is -2.49. The van der Waals surface area contributed by atoms with E-state index in [-0.39, 0.29) is 17.9 Å². The van der Waals surface area contributed by atoms with E-state index in [1.54, 1.807) is 18.3 Å². The first-order valence-electron chi connectivity index (χ1n) is 13.0. The van der Waals surface area contributed by atoms with Gasteiger partial charge in [0.15, 0.2) is 17.3 Å². The van der Waals surface area contributed by atoms with E-state index in [9.17, 15) is 24.2 Å². The van der Waals surface area contributed by atoms with Crippen LogP contribution in [0.1, 0.15) is 60.5 Å². The van der Waals surface area contributed by atoms with Crippen molar-refractivity contribution in [2.75, 3.05) is 0 Å². The number of hydrogen-bond acceptors (Lipinski definition) is 5. The number of imidazole rings is 1. The summed E-state index contributed by atoms with van der Waals surface area (Å²) < 4.78 is 31.1. The molecule has 6 rings (SSSR count). The van der Waals surface area contributed by atoms with Crippen LogP contribution in [-0.2, 0) is 6.42 Å². The SMILES string of the molecule is O=C(O)N1C(C2CCCCc3cccnc32)CC(n2c(=O)[nH]c3ncccc32)[C@H](O)[C@@H]1c1cccc(F)c1F. The summed E-state index contributed by atoms with van der Waals surface area (Å²) in [6.07, 6.45) is 3.42. The number of halogens is 2. The highest BCUT2D eigenvalue weighted by atomic mass is 19.2. The van der Waals surface area contributed by atoms with Crippen molar-refractivity contribution in [2.45, 2.75) is 62.3 Å². The summed E-state index contributed by atoms with van der Waals surface area (Å²) >= 11 is 0. The van der Waals surface area contributed by atoms with Crippen LogP contribution in [0.5, 0.6) is 0 Å². The summed E-state index contributed by atoms with van der Waals surface area (Å²) in [5.74, 6) is -2.77. The molecule has 39 heavy (non-hydrogen) atoms. The maximum Gasteiger partial charge on any atom is 0.408 e. The average Bonchev–Trinajstić information content (AvgIpc) is 3.11. The van der Waals surface area contributed by atoms with Crippen molar-refractivity contribution >= 4 is 17.3 Å². The van der Waals surface area contributed by atoms with Crippen LogP contribution in [0.15, 0.2) is 59.7 Å². The molecule has 1 aliphatic carbocycles. The first-order chi connectivity index (χ1) is 18.9. The lowest BCUT2D eigenvalue weighted by atomic mass is 9.77. The summed E-state index contributed by atoms with van der Waals surface area (Å²) in [4.78, 5) is 38.6. The Bertz CT molecular complexity index is 1600. The number of H-pyrrole nitrogens is 1. The highest BCUT2D eigenvalue weighted by molar-refractivity contribution is 5.71. The molecule has 3 aromatic heterocycles. The third kappa shape index (κ3) is 4.17. The lowest BCUT2D eigenvalue weighted by molar-refractivity contribution is -0.0530. The van der Waals surface area contributed by atoms with E-state index in [1.807, 2.05) is 12.1 Å². The number of carboxylic acid groups (broad SMARTS) is 1. The molecule has 3 N–H and O–H groups in total. The number of amides is 1.